The molecule has 1 aliphatic heterocycles. The molecule has 0 bridgehead atoms. The summed E-state index contributed by atoms with van der Waals surface area (Å²) < 4.78 is 0. The van der Waals surface area contributed by atoms with E-state index in [1.54, 1.807) is 0 Å². The van der Waals surface area contributed by atoms with Crippen molar-refractivity contribution in [2.24, 2.45) is 0 Å². The highest BCUT2D eigenvalue weighted by Crippen LogP contribution is 2.38. The number of nitrogens with zero attached hydrogens (tertiary/aromatic N) is 1. The molecule has 0 aromatic carbocycles. The number of rotatable bonds is 1. The lowest BCUT2D eigenvalue weighted by atomic mass is 9.95. The molecule has 0 aromatic rings. The lowest BCUT2D eigenvalue weighted by Gasteiger charge is -2.24. The normalized spacial score (nSPS) is 37.1. The Morgan fingerprint density at radius 1 is 1.09 bits per heavy atom. The molecule has 1 unspecified atom stereocenters. The molecular formula is C10H19N. The van der Waals surface area contributed by atoms with Gasteiger partial charge in [-0.2, -0.15) is 0 Å². The second-order valence-corrected chi connectivity index (χ2v) is 4.73. The van der Waals surface area contributed by atoms with E-state index in [0.29, 0.717) is 5.54 Å². The van der Waals surface area contributed by atoms with Crippen molar-refractivity contribution in [1.29, 1.82) is 0 Å². The molecule has 0 aromatic heterocycles. The van der Waals surface area contributed by atoms with Crippen molar-refractivity contribution in [3.63, 3.8) is 0 Å². The Balaban J connectivity index is 1.86. The van der Waals surface area contributed by atoms with Crippen LogP contribution >= 0.6 is 0 Å². The van der Waals surface area contributed by atoms with Crippen LogP contribution in [-0.2, 0) is 0 Å². The van der Waals surface area contributed by atoms with E-state index in [0.717, 1.165) is 6.04 Å². The fourth-order valence-corrected chi connectivity index (χ4v) is 2.40. The van der Waals surface area contributed by atoms with Gasteiger partial charge >= 0.3 is 0 Å². The van der Waals surface area contributed by atoms with Gasteiger partial charge in [-0.05, 0) is 26.7 Å². The van der Waals surface area contributed by atoms with Gasteiger partial charge in [-0.3, -0.25) is 4.90 Å². The zero-order valence-corrected chi connectivity index (χ0v) is 7.77. The molecule has 2 aliphatic rings. The topological polar surface area (TPSA) is 3.01 Å². The van der Waals surface area contributed by atoms with Gasteiger partial charge in [0.25, 0.3) is 0 Å². The first-order valence-electron chi connectivity index (χ1n) is 4.97. The molecule has 0 radical (unpaired) electrons. The van der Waals surface area contributed by atoms with Gasteiger partial charge in [0, 0.05) is 18.1 Å². The molecule has 1 heteroatoms. The maximum absolute atomic E-state index is 2.67. The molecule has 1 aliphatic carbocycles. The molecule has 0 N–H and O–H groups in total. The van der Waals surface area contributed by atoms with Gasteiger partial charge in [0.1, 0.15) is 0 Å². The molecule has 2 fully saturated rings. The first-order chi connectivity index (χ1) is 5.20. The van der Waals surface area contributed by atoms with Gasteiger partial charge in [0.2, 0.25) is 0 Å². The lowest BCUT2D eigenvalue weighted by molar-refractivity contribution is 0.260. The third kappa shape index (κ3) is 1.44. The third-order valence-electron chi connectivity index (χ3n) is 3.25. The maximum Gasteiger partial charge on any atom is 0.0284 e. The highest BCUT2D eigenvalue weighted by molar-refractivity contribution is 5.03. The second-order valence-electron chi connectivity index (χ2n) is 4.73. The van der Waals surface area contributed by atoms with Crippen molar-refractivity contribution in [2.75, 3.05) is 6.54 Å². The van der Waals surface area contributed by atoms with Crippen LogP contribution in [0.1, 0.15) is 46.0 Å². The Labute approximate surface area is 69.8 Å². The van der Waals surface area contributed by atoms with Crippen LogP contribution in [0.3, 0.4) is 0 Å². The standard InChI is InChI=1S/C10H19N/c1-10(2)8-11(10)9-6-4-3-5-7-9/h9H,3-8H2,1-2H3. The van der Waals surface area contributed by atoms with Crippen LogP contribution in [0.25, 0.3) is 0 Å². The maximum atomic E-state index is 2.67. The molecule has 64 valence electrons. The summed E-state index contributed by atoms with van der Waals surface area (Å²) in [6.07, 6.45) is 7.34. The molecule has 0 spiro atoms. The van der Waals surface area contributed by atoms with Crippen LogP contribution < -0.4 is 0 Å². The molecule has 0 amide bonds. The molecule has 1 saturated carbocycles. The van der Waals surface area contributed by atoms with Crippen LogP contribution in [0.4, 0.5) is 0 Å². The van der Waals surface area contributed by atoms with Crippen molar-refractivity contribution in [1.82, 2.24) is 4.90 Å². The summed E-state index contributed by atoms with van der Waals surface area (Å²) in [5.41, 5.74) is 0.558. The quantitative estimate of drug-likeness (QED) is 0.523. The molecular weight excluding hydrogens is 134 g/mol. The van der Waals surface area contributed by atoms with E-state index in [-0.39, 0.29) is 0 Å². The zero-order valence-electron chi connectivity index (χ0n) is 7.77. The van der Waals surface area contributed by atoms with E-state index >= 15 is 0 Å². The Morgan fingerprint density at radius 2 is 1.64 bits per heavy atom. The molecule has 1 saturated heterocycles. The Bertz CT molecular complexity index is 145. The van der Waals surface area contributed by atoms with Crippen LogP contribution in [0, 0.1) is 0 Å². The van der Waals surface area contributed by atoms with Gasteiger partial charge in [-0.25, -0.2) is 0 Å². The summed E-state index contributed by atoms with van der Waals surface area (Å²) in [6.45, 7) is 6.07. The van der Waals surface area contributed by atoms with Crippen molar-refractivity contribution in [3.8, 4) is 0 Å². The largest absolute Gasteiger partial charge is 0.292 e. The molecule has 2 rings (SSSR count). The predicted molar refractivity (Wildman–Crippen MR) is 47.7 cm³/mol. The van der Waals surface area contributed by atoms with Crippen LogP contribution in [0.2, 0.25) is 0 Å². The van der Waals surface area contributed by atoms with Gasteiger partial charge < -0.3 is 0 Å². The van der Waals surface area contributed by atoms with E-state index in [4.69, 9.17) is 0 Å². The number of hydrogen-bond donors (Lipinski definition) is 0. The smallest absolute Gasteiger partial charge is 0.0284 e. The summed E-state index contributed by atoms with van der Waals surface area (Å²) >= 11 is 0. The molecule has 1 atom stereocenters. The summed E-state index contributed by atoms with van der Waals surface area (Å²) in [5, 5.41) is 0. The second kappa shape index (κ2) is 2.48. The first-order valence-corrected chi connectivity index (χ1v) is 4.97. The minimum absolute atomic E-state index is 0.558. The van der Waals surface area contributed by atoms with Gasteiger partial charge in [0.05, 0.1) is 0 Å². The van der Waals surface area contributed by atoms with E-state index in [9.17, 15) is 0 Å². The number of hydrogen-bond acceptors (Lipinski definition) is 1. The van der Waals surface area contributed by atoms with E-state index in [1.807, 2.05) is 0 Å². The van der Waals surface area contributed by atoms with Crippen molar-refractivity contribution >= 4 is 0 Å². The molecule has 1 heterocycles. The van der Waals surface area contributed by atoms with Crippen LogP contribution in [-0.4, -0.2) is 23.0 Å². The molecule has 11 heavy (non-hydrogen) atoms. The highest BCUT2D eigenvalue weighted by Gasteiger charge is 2.46. The van der Waals surface area contributed by atoms with Gasteiger partial charge in [0.15, 0.2) is 0 Å². The summed E-state index contributed by atoms with van der Waals surface area (Å²) in [6, 6.07) is 0.943. The Morgan fingerprint density at radius 3 is 2.09 bits per heavy atom. The average Bonchev–Trinajstić information content (AvgIpc) is 2.62. The van der Waals surface area contributed by atoms with Crippen molar-refractivity contribution in [3.05, 3.63) is 0 Å². The third-order valence-corrected chi connectivity index (χ3v) is 3.25. The van der Waals surface area contributed by atoms with Crippen LogP contribution in [0.15, 0.2) is 0 Å². The molecule has 1 nitrogen and oxygen atoms in total. The van der Waals surface area contributed by atoms with E-state index in [2.05, 4.69) is 18.7 Å². The van der Waals surface area contributed by atoms with Gasteiger partial charge in [-0.1, -0.05) is 19.3 Å². The van der Waals surface area contributed by atoms with Crippen molar-refractivity contribution in [2.45, 2.75) is 57.5 Å². The predicted octanol–water partition coefficient (Wildman–Crippen LogP) is 2.41. The highest BCUT2D eigenvalue weighted by atomic mass is 15.4. The fraction of sp³-hybridized carbons (Fsp3) is 1.00. The first kappa shape index (κ1) is 7.60. The Hall–Kier alpha value is -0.0400. The summed E-state index contributed by atoms with van der Waals surface area (Å²) in [4.78, 5) is 2.67. The zero-order chi connectivity index (χ0) is 7.90. The minimum Gasteiger partial charge on any atom is -0.292 e. The summed E-state index contributed by atoms with van der Waals surface area (Å²) in [7, 11) is 0. The average molecular weight is 153 g/mol. The minimum atomic E-state index is 0.558. The van der Waals surface area contributed by atoms with Crippen molar-refractivity contribution < 1.29 is 0 Å². The lowest BCUT2D eigenvalue weighted by Crippen LogP contribution is -2.26. The van der Waals surface area contributed by atoms with Crippen LogP contribution in [0.5, 0.6) is 0 Å². The summed E-state index contributed by atoms with van der Waals surface area (Å²) in [5.74, 6) is 0. The van der Waals surface area contributed by atoms with Gasteiger partial charge in [-0.15, -0.1) is 0 Å². The SMILES string of the molecule is CC1(C)CN1C1CCCCC1. The van der Waals surface area contributed by atoms with E-state index in [1.165, 1.54) is 38.6 Å². The monoisotopic (exact) mass is 153 g/mol. The Kier molecular flexibility index (Phi) is 1.71. The van der Waals surface area contributed by atoms with E-state index < -0.39 is 0 Å². The fourth-order valence-electron chi connectivity index (χ4n) is 2.40.